The first-order valence-electron chi connectivity index (χ1n) is 10.4. The lowest BCUT2D eigenvalue weighted by atomic mass is 10.1. The molecular weight excluding hydrogens is 394 g/mol. The number of aryl methyl sites for hydroxylation is 1. The van der Waals surface area contributed by atoms with Gasteiger partial charge in [-0.2, -0.15) is 0 Å². The highest BCUT2D eigenvalue weighted by Crippen LogP contribution is 2.35. The number of morpholine rings is 1. The minimum Gasteiger partial charge on any atom is -0.378 e. The number of ether oxygens (including phenoxy) is 1. The Morgan fingerprint density at radius 1 is 1.13 bits per heavy atom. The third-order valence-corrected chi connectivity index (χ3v) is 6.24. The van der Waals surface area contributed by atoms with Gasteiger partial charge in [0.25, 0.3) is 5.91 Å². The summed E-state index contributed by atoms with van der Waals surface area (Å²) in [6.07, 6.45) is 2.89. The van der Waals surface area contributed by atoms with Crippen molar-refractivity contribution in [2.24, 2.45) is 4.99 Å². The monoisotopic (exact) mass is 421 g/mol. The van der Waals surface area contributed by atoms with E-state index in [1.165, 1.54) is 17.4 Å². The summed E-state index contributed by atoms with van der Waals surface area (Å²) in [7, 11) is 0. The van der Waals surface area contributed by atoms with Crippen molar-refractivity contribution in [3.63, 3.8) is 0 Å². The number of para-hydroxylation sites is 1. The summed E-state index contributed by atoms with van der Waals surface area (Å²) in [6.45, 7) is 8.22. The van der Waals surface area contributed by atoms with Crippen molar-refractivity contribution in [3.8, 4) is 0 Å². The van der Waals surface area contributed by atoms with E-state index in [2.05, 4.69) is 36.9 Å². The third-order valence-electron chi connectivity index (χ3n) is 5.23. The summed E-state index contributed by atoms with van der Waals surface area (Å²) >= 11 is 1.46. The zero-order valence-electron chi connectivity index (χ0n) is 17.5. The number of hydrogen-bond acceptors (Lipinski definition) is 5. The SMILES string of the molecule is CCCN1C(=O)/C(=C/c2ccc(N3CCOCC3)cc2C)SC1=Nc1ccccc1. The van der Waals surface area contributed by atoms with Gasteiger partial charge in [-0.25, -0.2) is 4.99 Å². The number of amidine groups is 1. The molecule has 2 heterocycles. The molecule has 2 aliphatic rings. The van der Waals surface area contributed by atoms with Crippen molar-refractivity contribution >= 4 is 40.3 Å². The molecule has 2 aliphatic heterocycles. The first-order chi connectivity index (χ1) is 14.7. The van der Waals surface area contributed by atoms with Gasteiger partial charge in [0, 0.05) is 25.3 Å². The summed E-state index contributed by atoms with van der Waals surface area (Å²) < 4.78 is 5.45. The van der Waals surface area contributed by atoms with Gasteiger partial charge < -0.3 is 9.64 Å². The normalized spacial score (nSPS) is 19.9. The van der Waals surface area contributed by atoms with Crippen LogP contribution in [-0.2, 0) is 9.53 Å². The highest BCUT2D eigenvalue weighted by molar-refractivity contribution is 8.18. The summed E-state index contributed by atoms with van der Waals surface area (Å²) in [6, 6.07) is 16.2. The second-order valence-electron chi connectivity index (χ2n) is 7.44. The molecule has 156 valence electrons. The van der Waals surface area contributed by atoms with Gasteiger partial charge in [-0.3, -0.25) is 9.69 Å². The number of rotatable bonds is 5. The summed E-state index contributed by atoms with van der Waals surface area (Å²) in [4.78, 5) is 22.6. The number of amides is 1. The van der Waals surface area contributed by atoms with Gasteiger partial charge in [-0.05, 0) is 66.6 Å². The van der Waals surface area contributed by atoms with Gasteiger partial charge in [0.05, 0.1) is 23.8 Å². The number of carbonyl (C=O) groups is 1. The van der Waals surface area contributed by atoms with Crippen molar-refractivity contribution in [1.82, 2.24) is 4.90 Å². The molecule has 5 nitrogen and oxygen atoms in total. The van der Waals surface area contributed by atoms with E-state index in [1.807, 2.05) is 36.4 Å². The molecule has 0 aromatic heterocycles. The minimum absolute atomic E-state index is 0.0354. The number of anilines is 1. The average Bonchev–Trinajstić information content (AvgIpc) is 3.05. The quantitative estimate of drug-likeness (QED) is 0.648. The van der Waals surface area contributed by atoms with Gasteiger partial charge >= 0.3 is 0 Å². The number of nitrogens with zero attached hydrogens (tertiary/aromatic N) is 3. The van der Waals surface area contributed by atoms with E-state index in [-0.39, 0.29) is 5.91 Å². The molecule has 0 atom stereocenters. The van der Waals surface area contributed by atoms with Crippen LogP contribution in [0.4, 0.5) is 11.4 Å². The zero-order valence-corrected chi connectivity index (χ0v) is 18.3. The van der Waals surface area contributed by atoms with E-state index in [9.17, 15) is 4.79 Å². The summed E-state index contributed by atoms with van der Waals surface area (Å²) in [5, 5.41) is 0.752. The molecule has 30 heavy (non-hydrogen) atoms. The fourth-order valence-electron chi connectivity index (χ4n) is 3.61. The Morgan fingerprint density at radius 3 is 2.60 bits per heavy atom. The van der Waals surface area contributed by atoms with E-state index < -0.39 is 0 Å². The molecule has 0 saturated carbocycles. The van der Waals surface area contributed by atoms with Gasteiger partial charge in [-0.15, -0.1) is 0 Å². The minimum atomic E-state index is 0.0354. The van der Waals surface area contributed by atoms with Gasteiger partial charge in [0.15, 0.2) is 5.17 Å². The fraction of sp³-hybridized carbons (Fsp3) is 0.333. The predicted octanol–water partition coefficient (Wildman–Crippen LogP) is 4.85. The number of carbonyl (C=O) groups excluding carboxylic acids is 1. The van der Waals surface area contributed by atoms with E-state index in [4.69, 9.17) is 9.73 Å². The Balaban J connectivity index is 1.59. The maximum atomic E-state index is 13.1. The molecule has 0 spiro atoms. The van der Waals surface area contributed by atoms with Crippen LogP contribution >= 0.6 is 11.8 Å². The van der Waals surface area contributed by atoms with E-state index >= 15 is 0 Å². The summed E-state index contributed by atoms with van der Waals surface area (Å²) in [5.41, 5.74) is 4.30. The molecule has 2 saturated heterocycles. The average molecular weight is 422 g/mol. The smallest absolute Gasteiger partial charge is 0.266 e. The molecule has 6 heteroatoms. The maximum absolute atomic E-state index is 13.1. The van der Waals surface area contributed by atoms with Gasteiger partial charge in [-0.1, -0.05) is 31.2 Å². The largest absolute Gasteiger partial charge is 0.378 e. The molecule has 0 N–H and O–H groups in total. The van der Waals surface area contributed by atoms with Gasteiger partial charge in [0.1, 0.15) is 0 Å². The lowest BCUT2D eigenvalue weighted by molar-refractivity contribution is -0.122. The lowest BCUT2D eigenvalue weighted by Gasteiger charge is -2.29. The van der Waals surface area contributed by atoms with E-state index in [1.54, 1.807) is 4.90 Å². The number of hydrogen-bond donors (Lipinski definition) is 0. The number of benzene rings is 2. The Labute approximate surface area is 182 Å². The fourth-order valence-corrected chi connectivity index (χ4v) is 4.62. The standard InChI is InChI=1S/C24H27N3O2S/c1-3-11-27-23(28)22(30-24(27)25-20-7-5-4-6-8-20)17-19-9-10-21(16-18(19)2)26-12-14-29-15-13-26/h4-10,16-17H,3,11-15H2,1-2H3/b22-17-,25-24?. The van der Waals surface area contributed by atoms with E-state index in [0.29, 0.717) is 6.54 Å². The van der Waals surface area contributed by atoms with Crippen molar-refractivity contribution in [1.29, 1.82) is 0 Å². The molecule has 2 aromatic rings. The first kappa shape index (κ1) is 20.7. The molecule has 0 unspecified atom stereocenters. The second kappa shape index (κ2) is 9.49. The van der Waals surface area contributed by atoms with Gasteiger partial charge in [0.2, 0.25) is 0 Å². The molecule has 0 aliphatic carbocycles. The second-order valence-corrected chi connectivity index (χ2v) is 8.45. The van der Waals surface area contributed by atoms with Crippen molar-refractivity contribution in [2.75, 3.05) is 37.7 Å². The van der Waals surface area contributed by atoms with Crippen LogP contribution in [0, 0.1) is 6.92 Å². The lowest BCUT2D eigenvalue weighted by Crippen LogP contribution is -2.36. The van der Waals surface area contributed by atoms with Crippen LogP contribution in [0.15, 0.2) is 58.4 Å². The maximum Gasteiger partial charge on any atom is 0.266 e. The van der Waals surface area contributed by atoms with Crippen LogP contribution in [-0.4, -0.2) is 48.8 Å². The Bertz CT molecular complexity index is 966. The highest BCUT2D eigenvalue weighted by atomic mass is 32.2. The Hall–Kier alpha value is -2.57. The molecule has 1 amide bonds. The molecule has 2 fully saturated rings. The molecule has 0 radical (unpaired) electrons. The van der Waals surface area contributed by atoms with Crippen molar-refractivity contribution in [2.45, 2.75) is 20.3 Å². The zero-order chi connectivity index (χ0) is 20.9. The van der Waals surface area contributed by atoms with Crippen LogP contribution in [0.5, 0.6) is 0 Å². The molecular formula is C24H27N3O2S. The Kier molecular flexibility index (Phi) is 6.55. The third kappa shape index (κ3) is 4.60. The summed E-state index contributed by atoms with van der Waals surface area (Å²) in [5.74, 6) is 0.0354. The highest BCUT2D eigenvalue weighted by Gasteiger charge is 2.32. The number of thioether (sulfide) groups is 1. The molecule has 2 aromatic carbocycles. The Morgan fingerprint density at radius 2 is 1.90 bits per heavy atom. The van der Waals surface area contributed by atoms with Crippen LogP contribution < -0.4 is 4.90 Å². The van der Waals surface area contributed by atoms with Crippen LogP contribution in [0.2, 0.25) is 0 Å². The van der Waals surface area contributed by atoms with E-state index in [0.717, 1.165) is 59.6 Å². The van der Waals surface area contributed by atoms with Crippen LogP contribution in [0.3, 0.4) is 0 Å². The topological polar surface area (TPSA) is 45.1 Å². The van der Waals surface area contributed by atoms with Crippen molar-refractivity contribution < 1.29 is 9.53 Å². The molecule has 4 rings (SSSR count). The molecule has 0 bridgehead atoms. The van der Waals surface area contributed by atoms with Crippen LogP contribution in [0.1, 0.15) is 24.5 Å². The number of aliphatic imine (C=N–C) groups is 1. The van der Waals surface area contributed by atoms with Crippen molar-refractivity contribution in [3.05, 3.63) is 64.6 Å². The predicted molar refractivity (Wildman–Crippen MR) is 125 cm³/mol. The van der Waals surface area contributed by atoms with Crippen LogP contribution in [0.25, 0.3) is 6.08 Å². The first-order valence-corrected chi connectivity index (χ1v) is 11.3.